The molecule has 1 spiro atoms. The molecular formula is C46H76FNO12. The number of ether oxygens (including phenoxy) is 6. The number of alkyl carbamates (subject to hydrolysis) is 1. The summed E-state index contributed by atoms with van der Waals surface area (Å²) in [4.78, 5) is 39.4. The molecule has 5 aliphatic rings. The lowest BCUT2D eigenvalue weighted by atomic mass is 9.72. The molecule has 4 N–H and O–H groups in total. The van der Waals surface area contributed by atoms with Crippen molar-refractivity contribution >= 4 is 17.8 Å². The highest BCUT2D eigenvalue weighted by molar-refractivity contribution is 5.84. The Kier molecular flexibility index (Phi) is 16.4. The van der Waals surface area contributed by atoms with Crippen molar-refractivity contribution in [3.8, 4) is 0 Å². The Morgan fingerprint density at radius 3 is 2.23 bits per heavy atom. The Balaban J connectivity index is 1.35. The largest absolute Gasteiger partial charge is 0.481 e. The van der Waals surface area contributed by atoms with Crippen LogP contribution in [0.1, 0.15) is 133 Å². The van der Waals surface area contributed by atoms with Crippen molar-refractivity contribution in [3.63, 3.8) is 0 Å². The van der Waals surface area contributed by atoms with E-state index in [1.165, 1.54) is 0 Å². The van der Waals surface area contributed by atoms with Gasteiger partial charge in [-0.05, 0) is 96.0 Å². The third-order valence-electron chi connectivity index (χ3n) is 15.3. The molecule has 0 saturated carbocycles. The predicted octanol–water partition coefficient (Wildman–Crippen LogP) is 6.93. The molecule has 4 saturated heterocycles. The number of ketones is 1. The molecule has 0 aromatic rings. The minimum absolute atomic E-state index is 0.0362. The SMILES string of the molecule is CC[C@@H](C(=O)[C@@H](C)[C@@H](O)[C@H](C)[C@@H]1O[C@@H]([C@@H](CC)C(=O)O)CC[C@@H]1C)[C@H]1O[C@]2(C=C[C@@H](NC(=O)OCCF)C(C3CC[C@@](C)([C@H]4CC[C@](O)(CC)[C@H](C)O4)O3)O2)[C@H](C)C[C@@H]1C. The first-order valence-electron chi connectivity index (χ1n) is 23.0. The van der Waals surface area contributed by atoms with Crippen LogP contribution in [0.4, 0.5) is 9.18 Å². The number of halogens is 1. The van der Waals surface area contributed by atoms with E-state index in [4.69, 9.17) is 28.4 Å². The fourth-order valence-electron chi connectivity index (χ4n) is 11.1. The molecule has 2 unspecified atom stereocenters. The zero-order valence-corrected chi connectivity index (χ0v) is 37.8. The number of carbonyl (C=O) groups excluding carboxylic acids is 2. The summed E-state index contributed by atoms with van der Waals surface area (Å²) in [6.07, 6.45) is 4.56. The highest BCUT2D eigenvalue weighted by Gasteiger charge is 2.57. The minimum atomic E-state index is -1.28. The van der Waals surface area contributed by atoms with Crippen LogP contribution in [-0.2, 0) is 38.0 Å². The molecule has 4 fully saturated rings. The molecule has 0 aliphatic carbocycles. The van der Waals surface area contributed by atoms with Gasteiger partial charge < -0.3 is 49.1 Å². The van der Waals surface area contributed by atoms with Crippen LogP contribution in [0.25, 0.3) is 0 Å². The van der Waals surface area contributed by atoms with Gasteiger partial charge in [0.25, 0.3) is 0 Å². The first-order valence-corrected chi connectivity index (χ1v) is 23.0. The number of rotatable bonds is 16. The Labute approximate surface area is 357 Å². The van der Waals surface area contributed by atoms with Gasteiger partial charge in [-0.3, -0.25) is 9.59 Å². The van der Waals surface area contributed by atoms with Crippen molar-refractivity contribution in [2.24, 2.45) is 41.4 Å². The Hall–Kier alpha value is -2.20. The maximum absolute atomic E-state index is 14.6. The lowest BCUT2D eigenvalue weighted by Gasteiger charge is -2.52. The fraction of sp³-hybridized carbons (Fsp3) is 0.891. The van der Waals surface area contributed by atoms with Crippen LogP contribution in [0.5, 0.6) is 0 Å². The lowest BCUT2D eigenvalue weighted by molar-refractivity contribution is -0.327. The smallest absolute Gasteiger partial charge is 0.407 e. The van der Waals surface area contributed by atoms with Crippen LogP contribution >= 0.6 is 0 Å². The predicted molar refractivity (Wildman–Crippen MR) is 222 cm³/mol. The van der Waals surface area contributed by atoms with Crippen LogP contribution in [0.2, 0.25) is 0 Å². The standard InChI is InChI=1S/C46H76FNO12/c1-11-31(42(51)52)34-15-14-25(4)39(57-34)29(8)37(49)28(7)38(50)32(12-2)40-26(5)24-27(6)46(59-40)21-16-33(48-43(53)55-23-22-47)41(60-46)35-17-19-44(10,58-35)36-18-20-45(54,13-3)30(9)56-36/h16,21,25-37,39-41,49,54H,11-15,17-20,22-24H2,1-10H3,(H,48,53)(H,51,52)/t25-,26-,27+,28-,29-,30-,31+,32-,33+,34+,35?,36+,37+,39+,40-,41?,44-,45+,46-/m0/s1. The molecular weight excluding hydrogens is 777 g/mol. The zero-order chi connectivity index (χ0) is 44.3. The van der Waals surface area contributed by atoms with Gasteiger partial charge in [0.2, 0.25) is 0 Å². The van der Waals surface area contributed by atoms with Gasteiger partial charge in [0.05, 0.1) is 65.9 Å². The van der Waals surface area contributed by atoms with E-state index in [1.807, 2.05) is 60.6 Å². The number of aliphatic carboxylic acids is 1. The third kappa shape index (κ3) is 10.1. The van der Waals surface area contributed by atoms with Crippen LogP contribution < -0.4 is 5.32 Å². The number of carboxylic acid groups (broad SMARTS) is 1. The lowest BCUT2D eigenvalue weighted by Crippen LogP contribution is -2.62. The van der Waals surface area contributed by atoms with E-state index >= 15 is 0 Å². The van der Waals surface area contributed by atoms with Crippen molar-refractivity contribution in [2.75, 3.05) is 13.3 Å². The fourth-order valence-corrected chi connectivity index (χ4v) is 11.1. The van der Waals surface area contributed by atoms with E-state index in [2.05, 4.69) is 19.2 Å². The number of aliphatic hydroxyl groups excluding tert-OH is 1. The number of carboxylic acids is 1. The van der Waals surface area contributed by atoms with Gasteiger partial charge in [-0.2, -0.15) is 0 Å². The molecule has 14 heteroatoms. The summed E-state index contributed by atoms with van der Waals surface area (Å²) in [6, 6.07) is -0.701. The molecule has 13 nitrogen and oxygen atoms in total. The topological polar surface area (TPSA) is 179 Å². The highest BCUT2D eigenvalue weighted by atomic mass is 19.1. The van der Waals surface area contributed by atoms with Crippen LogP contribution in [0.3, 0.4) is 0 Å². The normalized spacial score (nSPS) is 42.2. The molecule has 5 rings (SSSR count). The highest BCUT2D eigenvalue weighted by Crippen LogP contribution is 2.49. The first kappa shape index (κ1) is 48.8. The summed E-state index contributed by atoms with van der Waals surface area (Å²) in [5.74, 6) is -4.78. The van der Waals surface area contributed by atoms with Gasteiger partial charge in [-0.25, -0.2) is 9.18 Å². The number of Topliss-reactive ketones (excluding diaryl/α,β-unsaturated/α-hetero) is 1. The summed E-state index contributed by atoms with van der Waals surface area (Å²) in [7, 11) is 0. The molecule has 1 amide bonds. The van der Waals surface area contributed by atoms with Gasteiger partial charge in [0.15, 0.2) is 5.79 Å². The van der Waals surface area contributed by atoms with Crippen LogP contribution in [-0.4, -0.2) is 118 Å². The summed E-state index contributed by atoms with van der Waals surface area (Å²) in [5.41, 5.74) is -1.59. The molecule has 60 heavy (non-hydrogen) atoms. The second-order valence-electron chi connectivity index (χ2n) is 19.2. The molecule has 0 aromatic carbocycles. The molecule has 5 aliphatic heterocycles. The molecule has 5 heterocycles. The first-order chi connectivity index (χ1) is 28.3. The number of aliphatic hydroxyl groups is 2. The van der Waals surface area contributed by atoms with Crippen LogP contribution in [0.15, 0.2) is 12.2 Å². The van der Waals surface area contributed by atoms with Gasteiger partial charge in [0, 0.05) is 23.7 Å². The second kappa shape index (κ2) is 20.1. The van der Waals surface area contributed by atoms with E-state index in [9.17, 15) is 34.1 Å². The second-order valence-corrected chi connectivity index (χ2v) is 19.2. The van der Waals surface area contributed by atoms with Crippen molar-refractivity contribution in [2.45, 2.75) is 205 Å². The van der Waals surface area contributed by atoms with E-state index in [0.717, 1.165) is 6.42 Å². The Bertz CT molecular complexity index is 1500. The third-order valence-corrected chi connectivity index (χ3v) is 15.3. The van der Waals surface area contributed by atoms with Gasteiger partial charge in [0.1, 0.15) is 25.2 Å². The zero-order valence-electron chi connectivity index (χ0n) is 37.8. The Morgan fingerprint density at radius 2 is 1.62 bits per heavy atom. The summed E-state index contributed by atoms with van der Waals surface area (Å²) in [5, 5.41) is 35.6. The summed E-state index contributed by atoms with van der Waals surface area (Å²) in [6.45, 7) is 18.3. The molecule has 344 valence electrons. The van der Waals surface area contributed by atoms with Crippen molar-refractivity contribution in [1.29, 1.82) is 0 Å². The van der Waals surface area contributed by atoms with Gasteiger partial charge >= 0.3 is 12.1 Å². The van der Waals surface area contributed by atoms with E-state index < -0.39 is 102 Å². The number of hydrogen-bond acceptors (Lipinski definition) is 11. The molecule has 0 aromatic heterocycles. The summed E-state index contributed by atoms with van der Waals surface area (Å²) < 4.78 is 51.8. The van der Waals surface area contributed by atoms with Crippen molar-refractivity contribution in [3.05, 3.63) is 12.2 Å². The average Bonchev–Trinajstić information content (AvgIpc) is 3.63. The number of hydrogen-bond donors (Lipinski definition) is 4. The van der Waals surface area contributed by atoms with Gasteiger partial charge in [-0.1, -0.05) is 61.5 Å². The van der Waals surface area contributed by atoms with Crippen LogP contribution in [0, 0.1) is 41.4 Å². The van der Waals surface area contributed by atoms with Gasteiger partial charge in [-0.15, -0.1) is 0 Å². The van der Waals surface area contributed by atoms with E-state index in [1.54, 1.807) is 6.92 Å². The molecule has 0 radical (unpaired) electrons. The average molecular weight is 854 g/mol. The van der Waals surface area contributed by atoms with Crippen molar-refractivity contribution < 1.29 is 62.5 Å². The summed E-state index contributed by atoms with van der Waals surface area (Å²) >= 11 is 0. The number of alkyl halides is 1. The number of nitrogens with one attached hydrogen (secondary N) is 1. The monoisotopic (exact) mass is 854 g/mol. The molecule has 0 bridgehead atoms. The van der Waals surface area contributed by atoms with E-state index in [0.29, 0.717) is 57.8 Å². The minimum Gasteiger partial charge on any atom is -0.481 e. The number of carbonyl (C=O) groups is 3. The maximum Gasteiger partial charge on any atom is 0.407 e. The quantitative estimate of drug-likeness (QED) is 0.118. The molecule has 19 atom stereocenters. The maximum atomic E-state index is 14.6. The van der Waals surface area contributed by atoms with E-state index in [-0.39, 0.29) is 42.4 Å². The van der Waals surface area contributed by atoms with Crippen molar-refractivity contribution in [1.82, 2.24) is 5.32 Å². The number of amides is 1. The Morgan fingerprint density at radius 1 is 0.917 bits per heavy atom.